The van der Waals surface area contributed by atoms with Gasteiger partial charge in [0.05, 0.1) is 14.2 Å². The lowest BCUT2D eigenvalue weighted by Gasteiger charge is -2.36. The van der Waals surface area contributed by atoms with Crippen LogP contribution >= 0.6 is 37.2 Å². The average Bonchev–Trinajstić information content (AvgIpc) is 3.06. The van der Waals surface area contributed by atoms with Crippen molar-refractivity contribution in [1.82, 2.24) is 15.2 Å². The van der Waals surface area contributed by atoms with Gasteiger partial charge in [-0.1, -0.05) is 24.3 Å². The van der Waals surface area contributed by atoms with E-state index in [0.29, 0.717) is 0 Å². The van der Waals surface area contributed by atoms with Crippen LogP contribution in [0.25, 0.3) is 11.1 Å². The zero-order valence-electron chi connectivity index (χ0n) is 25.7. The van der Waals surface area contributed by atoms with Gasteiger partial charge in [-0.15, -0.1) is 37.2 Å². The summed E-state index contributed by atoms with van der Waals surface area (Å²) < 4.78 is 23.7. The highest BCUT2D eigenvalue weighted by atomic mass is 35.5. The van der Waals surface area contributed by atoms with E-state index in [1.807, 2.05) is 36.7 Å². The number of hydrogen-bond acceptors (Lipinski definition) is 7. The fourth-order valence-corrected chi connectivity index (χ4v) is 5.33. The summed E-state index contributed by atoms with van der Waals surface area (Å²) in [6, 6.07) is 25.2. The van der Waals surface area contributed by atoms with Crippen molar-refractivity contribution in [3.63, 3.8) is 0 Å². The molecule has 0 spiro atoms. The highest BCUT2D eigenvalue weighted by Crippen LogP contribution is 2.24. The van der Waals surface area contributed by atoms with Crippen molar-refractivity contribution in [2.45, 2.75) is 6.54 Å². The van der Waals surface area contributed by atoms with Crippen LogP contribution in [-0.2, 0) is 6.54 Å². The Morgan fingerprint density at radius 1 is 0.667 bits per heavy atom. The third kappa shape index (κ3) is 10.9. The fraction of sp³-hybridized carbons (Fsp3) is 0.324. The predicted molar refractivity (Wildman–Crippen MR) is 190 cm³/mol. The first-order valence-electron chi connectivity index (χ1n) is 14.5. The first-order chi connectivity index (χ1) is 20.6. The van der Waals surface area contributed by atoms with Crippen molar-refractivity contribution in [2.24, 2.45) is 0 Å². The largest absolute Gasteiger partial charge is 0.497 e. The van der Waals surface area contributed by atoms with Gasteiger partial charge in [-0.05, 0) is 53.6 Å². The number of aromatic nitrogens is 1. The van der Waals surface area contributed by atoms with Crippen LogP contribution in [0.4, 0.5) is 15.8 Å². The van der Waals surface area contributed by atoms with E-state index >= 15 is 0 Å². The summed E-state index contributed by atoms with van der Waals surface area (Å²) in [6.45, 7) is 9.12. The molecule has 0 unspecified atom stereocenters. The van der Waals surface area contributed by atoms with E-state index in [1.54, 1.807) is 26.4 Å². The molecule has 2 aliphatic rings. The molecule has 0 amide bonds. The Kier molecular flexibility index (Phi) is 16.3. The first-order valence-corrected chi connectivity index (χ1v) is 14.5. The lowest BCUT2D eigenvalue weighted by atomic mass is 10.1. The Morgan fingerprint density at radius 3 is 1.78 bits per heavy atom. The van der Waals surface area contributed by atoms with Crippen molar-refractivity contribution >= 4 is 48.6 Å². The maximum absolute atomic E-state index is 13.2. The zero-order valence-corrected chi connectivity index (χ0v) is 28.2. The van der Waals surface area contributed by atoms with Gasteiger partial charge in [-0.2, -0.15) is 0 Å². The van der Waals surface area contributed by atoms with Crippen LogP contribution in [0.3, 0.4) is 0 Å². The molecular formula is C34H43Cl3FN5O2. The summed E-state index contributed by atoms with van der Waals surface area (Å²) in [7, 11) is 3.40. The van der Waals surface area contributed by atoms with Crippen LogP contribution in [0, 0.1) is 5.82 Å². The van der Waals surface area contributed by atoms with Crippen LogP contribution in [0.15, 0.2) is 91.3 Å². The van der Waals surface area contributed by atoms with Gasteiger partial charge >= 0.3 is 0 Å². The number of nitrogens with one attached hydrogen (secondary N) is 1. The van der Waals surface area contributed by atoms with E-state index < -0.39 is 0 Å². The molecule has 0 saturated carbocycles. The topological polar surface area (TPSA) is 53.1 Å². The molecule has 45 heavy (non-hydrogen) atoms. The molecule has 7 nitrogen and oxygen atoms in total. The second kappa shape index (κ2) is 19.3. The van der Waals surface area contributed by atoms with E-state index in [0.717, 1.165) is 81.5 Å². The monoisotopic (exact) mass is 677 g/mol. The molecule has 1 aromatic heterocycles. The van der Waals surface area contributed by atoms with Gasteiger partial charge in [0.15, 0.2) is 0 Å². The van der Waals surface area contributed by atoms with Gasteiger partial charge in [-0.25, -0.2) is 4.39 Å². The summed E-state index contributed by atoms with van der Waals surface area (Å²) in [6.07, 6.45) is 3.75. The number of piperazine rings is 2. The molecule has 4 aromatic rings. The van der Waals surface area contributed by atoms with Gasteiger partial charge in [0, 0.05) is 100 Å². The first kappa shape index (κ1) is 37.9. The predicted octanol–water partition coefficient (Wildman–Crippen LogP) is 6.59. The number of hydrogen-bond donors (Lipinski definition) is 1. The SMILES string of the molecule is COc1cccc(N2CCN(Cc3cncc(-c4ccc(F)cc4)c3)CC2)c1.COc1cccc(N2CCNCC2)c1.Cl.Cl.Cl. The molecule has 3 aromatic carbocycles. The number of rotatable bonds is 7. The van der Waals surface area contributed by atoms with Gasteiger partial charge < -0.3 is 24.6 Å². The second-order valence-corrected chi connectivity index (χ2v) is 10.5. The minimum Gasteiger partial charge on any atom is -0.497 e. The lowest BCUT2D eigenvalue weighted by Crippen LogP contribution is -2.45. The molecule has 3 heterocycles. The Hall–Kier alpha value is -3.27. The Balaban J connectivity index is 0.000000354. The minimum atomic E-state index is -0.221. The van der Waals surface area contributed by atoms with Crippen LogP contribution in [0.2, 0.25) is 0 Å². The van der Waals surface area contributed by atoms with Crippen LogP contribution in [0.5, 0.6) is 11.5 Å². The van der Waals surface area contributed by atoms with Gasteiger partial charge in [0.2, 0.25) is 0 Å². The van der Waals surface area contributed by atoms with Crippen molar-refractivity contribution in [1.29, 1.82) is 0 Å². The normalized spacial score (nSPS) is 14.5. The molecule has 6 rings (SSSR count). The third-order valence-electron chi connectivity index (χ3n) is 7.70. The molecule has 11 heteroatoms. The number of methoxy groups -OCH3 is 2. The quantitative estimate of drug-likeness (QED) is 0.237. The number of halogens is 4. The Bertz CT molecular complexity index is 1420. The van der Waals surface area contributed by atoms with Crippen molar-refractivity contribution in [2.75, 3.05) is 76.4 Å². The summed E-state index contributed by atoms with van der Waals surface area (Å²) in [4.78, 5) is 11.6. The Labute approximate surface area is 285 Å². The molecule has 2 fully saturated rings. The van der Waals surface area contributed by atoms with Crippen molar-refractivity contribution in [3.8, 4) is 22.6 Å². The molecule has 0 atom stereocenters. The zero-order chi connectivity index (χ0) is 29.1. The molecular weight excluding hydrogens is 636 g/mol. The van der Waals surface area contributed by atoms with Crippen LogP contribution < -0.4 is 24.6 Å². The molecule has 244 valence electrons. The van der Waals surface area contributed by atoms with E-state index in [-0.39, 0.29) is 43.0 Å². The van der Waals surface area contributed by atoms with E-state index in [2.05, 4.69) is 55.3 Å². The number of nitrogens with zero attached hydrogens (tertiary/aromatic N) is 4. The number of ether oxygens (including phenoxy) is 2. The molecule has 2 saturated heterocycles. The molecule has 1 N–H and O–H groups in total. The van der Waals surface area contributed by atoms with E-state index in [4.69, 9.17) is 9.47 Å². The number of anilines is 2. The van der Waals surface area contributed by atoms with Crippen LogP contribution in [-0.4, -0.2) is 76.5 Å². The summed E-state index contributed by atoms with van der Waals surface area (Å²) in [5.41, 5.74) is 5.65. The minimum absolute atomic E-state index is 0. The maximum atomic E-state index is 13.2. The lowest BCUT2D eigenvalue weighted by molar-refractivity contribution is 0.249. The molecule has 2 aliphatic heterocycles. The summed E-state index contributed by atoms with van der Waals surface area (Å²) in [5, 5.41) is 3.34. The fourth-order valence-electron chi connectivity index (χ4n) is 5.33. The molecule has 0 radical (unpaired) electrons. The van der Waals surface area contributed by atoms with Crippen molar-refractivity contribution < 1.29 is 13.9 Å². The Morgan fingerprint density at radius 2 is 1.22 bits per heavy atom. The third-order valence-corrected chi connectivity index (χ3v) is 7.70. The highest BCUT2D eigenvalue weighted by molar-refractivity contribution is 5.86. The van der Waals surface area contributed by atoms with Gasteiger partial charge in [0.25, 0.3) is 0 Å². The maximum Gasteiger partial charge on any atom is 0.123 e. The smallest absolute Gasteiger partial charge is 0.123 e. The summed E-state index contributed by atoms with van der Waals surface area (Å²) in [5.74, 6) is 1.60. The van der Waals surface area contributed by atoms with Gasteiger partial charge in [-0.3, -0.25) is 9.88 Å². The standard InChI is InChI=1S/C23H24FN3O.C11H16N2O.3ClH/c1-28-23-4-2-3-22(14-23)27-11-9-26(10-12-27)17-18-13-20(16-25-15-18)19-5-7-21(24)8-6-19;1-14-11-4-2-3-10(9-11)13-7-5-12-6-8-13;;;/h2-8,13-16H,9-12,17H2,1H3;2-4,9,12H,5-8H2,1H3;3*1H. The van der Waals surface area contributed by atoms with Gasteiger partial charge in [0.1, 0.15) is 17.3 Å². The van der Waals surface area contributed by atoms with E-state index in [1.165, 1.54) is 29.1 Å². The number of benzene rings is 3. The molecule has 0 bridgehead atoms. The second-order valence-electron chi connectivity index (χ2n) is 10.5. The average molecular weight is 679 g/mol. The highest BCUT2D eigenvalue weighted by Gasteiger charge is 2.18. The number of pyridine rings is 1. The van der Waals surface area contributed by atoms with Crippen LogP contribution in [0.1, 0.15) is 5.56 Å². The molecule has 0 aliphatic carbocycles. The van der Waals surface area contributed by atoms with E-state index in [9.17, 15) is 4.39 Å². The summed E-state index contributed by atoms with van der Waals surface area (Å²) >= 11 is 0. The van der Waals surface area contributed by atoms with Crippen molar-refractivity contribution in [3.05, 3.63) is 103 Å².